The Morgan fingerprint density at radius 1 is 0.517 bits per heavy atom. The van der Waals surface area contributed by atoms with Crippen molar-refractivity contribution >= 4 is 0 Å². The van der Waals surface area contributed by atoms with Gasteiger partial charge in [0.2, 0.25) is 0 Å². The van der Waals surface area contributed by atoms with Crippen LogP contribution in [0.4, 0.5) is 0 Å². The van der Waals surface area contributed by atoms with Crippen molar-refractivity contribution in [3.8, 4) is 0 Å². The normalized spacial score (nSPS) is 16.7. The first kappa shape index (κ1) is 34.0. The fraction of sp³-hybridized carbons (Fsp3) is 0.692. The van der Waals surface area contributed by atoms with Crippen molar-refractivity contribution in [1.29, 1.82) is 0 Å². The summed E-state index contributed by atoms with van der Waals surface area (Å²) in [5, 5.41) is 0. The Labute approximate surface area is 214 Å². The van der Waals surface area contributed by atoms with E-state index in [2.05, 4.69) is 107 Å². The predicted molar refractivity (Wildman–Crippen MR) is 117 cm³/mol. The molecule has 0 unspecified atom stereocenters. The van der Waals surface area contributed by atoms with Crippen LogP contribution in [0, 0.1) is 33.8 Å². The maximum Gasteiger partial charge on any atom is 4.00 e. The smallest absolute Gasteiger partial charge is 1.00 e. The molecule has 0 spiro atoms. The van der Waals surface area contributed by atoms with Gasteiger partial charge in [-0.05, 0) is 10.8 Å². The summed E-state index contributed by atoms with van der Waals surface area (Å²) in [5.41, 5.74) is 6.84. The van der Waals surface area contributed by atoms with Crippen molar-refractivity contribution in [3.63, 3.8) is 0 Å². The molecule has 3 heteroatoms. The van der Waals surface area contributed by atoms with Gasteiger partial charge in [0.05, 0.1) is 0 Å². The Morgan fingerprint density at radius 2 is 0.759 bits per heavy atom. The summed E-state index contributed by atoms with van der Waals surface area (Å²) in [7, 11) is 0. The maximum atomic E-state index is 3.48. The Morgan fingerprint density at radius 3 is 0.897 bits per heavy atom. The molecule has 2 rings (SSSR count). The summed E-state index contributed by atoms with van der Waals surface area (Å²) in [5.74, 6) is 0. The summed E-state index contributed by atoms with van der Waals surface area (Å²) < 4.78 is 0. The van der Waals surface area contributed by atoms with E-state index in [1.807, 2.05) is 0 Å². The molecule has 0 fully saturated rings. The number of rotatable bonds is 0. The van der Waals surface area contributed by atoms with E-state index in [-0.39, 0.29) is 72.7 Å². The third-order valence-electron chi connectivity index (χ3n) is 4.82. The molecule has 2 aliphatic carbocycles. The molecule has 0 saturated heterocycles. The number of allylic oxidation sites excluding steroid dienone is 8. The molecule has 0 atom stereocenters. The summed E-state index contributed by atoms with van der Waals surface area (Å²) in [4.78, 5) is 0. The average Bonchev–Trinajstić information content (AvgIpc) is 3.06. The van der Waals surface area contributed by atoms with E-state index in [1.54, 1.807) is 0 Å². The number of halogens is 2. The molecule has 0 saturated carbocycles. The second-order valence-corrected chi connectivity index (χ2v) is 11.7. The van der Waals surface area contributed by atoms with E-state index >= 15 is 0 Å². The topological polar surface area (TPSA) is 0 Å². The third-order valence-corrected chi connectivity index (χ3v) is 4.82. The largest absolute Gasteiger partial charge is 4.00 e. The van der Waals surface area contributed by atoms with Crippen LogP contribution in [0.3, 0.4) is 0 Å². The van der Waals surface area contributed by atoms with Crippen molar-refractivity contribution in [2.24, 2.45) is 21.7 Å². The van der Waals surface area contributed by atoms with Crippen molar-refractivity contribution in [2.45, 2.75) is 95.9 Å². The Bertz CT molecular complexity index is 520. The van der Waals surface area contributed by atoms with E-state index in [0.717, 1.165) is 12.8 Å². The van der Waals surface area contributed by atoms with Gasteiger partial charge in [-0.3, -0.25) is 12.2 Å². The minimum atomic E-state index is 0. The monoisotopic (exact) mass is 514 g/mol. The second kappa shape index (κ2) is 11.9. The first-order chi connectivity index (χ1) is 11.5. The molecule has 0 bridgehead atoms. The van der Waals surface area contributed by atoms with E-state index < -0.39 is 0 Å². The Kier molecular flexibility index (Phi) is 13.9. The maximum absolute atomic E-state index is 3.48. The molecule has 0 radical (unpaired) electrons. The van der Waals surface area contributed by atoms with E-state index in [4.69, 9.17) is 0 Å². The molecule has 0 aromatic heterocycles. The van der Waals surface area contributed by atoms with Crippen LogP contribution in [0.15, 0.2) is 34.4 Å². The minimum Gasteiger partial charge on any atom is -1.00 e. The van der Waals surface area contributed by atoms with E-state index in [9.17, 15) is 0 Å². The average molecular weight is 517 g/mol. The molecule has 0 aromatic carbocycles. The van der Waals surface area contributed by atoms with Crippen LogP contribution in [0.25, 0.3) is 0 Å². The van der Waals surface area contributed by atoms with Crippen LogP contribution in [-0.4, -0.2) is 0 Å². The zero-order chi connectivity index (χ0) is 20.6. The first-order valence-electron chi connectivity index (χ1n) is 10.1. The fourth-order valence-electron chi connectivity index (χ4n) is 3.61. The quantitative estimate of drug-likeness (QED) is 0.434. The van der Waals surface area contributed by atoms with Gasteiger partial charge in [-0.1, -0.05) is 93.9 Å². The molecule has 0 nitrogen and oxygen atoms in total. The van der Waals surface area contributed by atoms with Crippen LogP contribution < -0.4 is 24.8 Å². The standard InChI is InChI=1S/2C13H21.2ClH.Zr/c2*1-12(2,3)10-8-7-9-11(10)13(4,5)6;;;/h2*8H,7H2,1-6H3;2*1H;/q2*-1;;;+4/p-2. The van der Waals surface area contributed by atoms with Crippen molar-refractivity contribution in [2.75, 3.05) is 0 Å². The zero-order valence-corrected chi connectivity index (χ0v) is 24.8. The molecular formula is C26H42Cl2Zr. The molecule has 164 valence electrons. The Balaban J connectivity index is -0.000000422. The number of hydrogen-bond donors (Lipinski definition) is 0. The van der Waals surface area contributed by atoms with Crippen LogP contribution >= 0.6 is 0 Å². The van der Waals surface area contributed by atoms with Crippen LogP contribution in [0.1, 0.15) is 95.9 Å². The van der Waals surface area contributed by atoms with Gasteiger partial charge in [0.1, 0.15) is 0 Å². The molecule has 0 aliphatic heterocycles. The summed E-state index contributed by atoms with van der Waals surface area (Å²) in [6.45, 7) is 27.2. The molecule has 2 aliphatic rings. The van der Waals surface area contributed by atoms with Crippen molar-refractivity contribution < 1.29 is 51.0 Å². The van der Waals surface area contributed by atoms with Gasteiger partial charge in [0.25, 0.3) is 0 Å². The summed E-state index contributed by atoms with van der Waals surface area (Å²) >= 11 is 0. The predicted octanol–water partition coefficient (Wildman–Crippen LogP) is 2.28. The van der Waals surface area contributed by atoms with Crippen molar-refractivity contribution in [3.05, 3.63) is 46.6 Å². The van der Waals surface area contributed by atoms with Gasteiger partial charge in [-0.15, -0.1) is 12.8 Å². The summed E-state index contributed by atoms with van der Waals surface area (Å²) in [6.07, 6.45) is 13.6. The number of hydrogen-bond acceptors (Lipinski definition) is 0. The van der Waals surface area contributed by atoms with E-state index in [0.29, 0.717) is 0 Å². The van der Waals surface area contributed by atoms with Crippen LogP contribution in [-0.2, 0) is 26.2 Å². The van der Waals surface area contributed by atoms with Crippen molar-refractivity contribution in [1.82, 2.24) is 0 Å². The van der Waals surface area contributed by atoms with Gasteiger partial charge >= 0.3 is 26.2 Å². The molecular weight excluding hydrogens is 474 g/mol. The molecule has 0 amide bonds. The van der Waals surface area contributed by atoms with Gasteiger partial charge in [0.15, 0.2) is 0 Å². The third kappa shape index (κ3) is 10.1. The van der Waals surface area contributed by atoms with Crippen LogP contribution in [0.5, 0.6) is 0 Å². The molecule has 0 heterocycles. The Hall–Kier alpha value is 0.423. The molecule has 0 aromatic rings. The summed E-state index contributed by atoms with van der Waals surface area (Å²) in [6, 6.07) is 0. The minimum absolute atomic E-state index is 0. The fourth-order valence-corrected chi connectivity index (χ4v) is 3.61. The SMILES string of the molecule is CC(C)(C)C1=[C-]CC=C1C(C)(C)C.CC(C)(C)C1=[C-]CC=C1C(C)(C)C.[Cl-].[Cl-].[Zr+4]. The van der Waals surface area contributed by atoms with Crippen LogP contribution in [0.2, 0.25) is 0 Å². The van der Waals surface area contributed by atoms with Gasteiger partial charge in [-0.2, -0.15) is 23.3 Å². The van der Waals surface area contributed by atoms with Gasteiger partial charge < -0.3 is 24.8 Å². The first-order valence-corrected chi connectivity index (χ1v) is 10.1. The molecule has 29 heavy (non-hydrogen) atoms. The molecule has 0 N–H and O–H groups in total. The zero-order valence-electron chi connectivity index (χ0n) is 20.8. The van der Waals surface area contributed by atoms with Gasteiger partial charge in [-0.25, -0.2) is 11.1 Å². The van der Waals surface area contributed by atoms with Gasteiger partial charge in [0, 0.05) is 0 Å². The second-order valence-electron chi connectivity index (χ2n) is 11.7. The van der Waals surface area contributed by atoms with E-state index in [1.165, 1.54) is 22.3 Å².